The van der Waals surface area contributed by atoms with Gasteiger partial charge in [-0.1, -0.05) is 52.3 Å². The van der Waals surface area contributed by atoms with Gasteiger partial charge < -0.3 is 20.0 Å². The van der Waals surface area contributed by atoms with E-state index >= 15 is 0 Å². The lowest BCUT2D eigenvalue weighted by Crippen LogP contribution is -2.57. The van der Waals surface area contributed by atoms with Crippen molar-refractivity contribution in [2.24, 2.45) is 39.9 Å². The van der Waals surface area contributed by atoms with Crippen molar-refractivity contribution in [2.45, 2.75) is 105 Å². The van der Waals surface area contributed by atoms with E-state index in [1.807, 2.05) is 20.9 Å². The second-order valence-corrected chi connectivity index (χ2v) is 14.4. The summed E-state index contributed by atoms with van der Waals surface area (Å²) in [4.78, 5) is 17.3. The van der Waals surface area contributed by atoms with Gasteiger partial charge in [0.1, 0.15) is 6.10 Å². The van der Waals surface area contributed by atoms with Gasteiger partial charge in [-0.3, -0.25) is 4.79 Å². The van der Waals surface area contributed by atoms with Crippen molar-refractivity contribution in [3.05, 3.63) is 23.3 Å². The molecule has 4 rings (SSSR count). The lowest BCUT2D eigenvalue weighted by Gasteiger charge is -2.54. The van der Waals surface area contributed by atoms with E-state index < -0.39 is 11.5 Å². The van der Waals surface area contributed by atoms with Crippen LogP contribution in [0.25, 0.3) is 0 Å². The van der Waals surface area contributed by atoms with Crippen LogP contribution in [0.15, 0.2) is 23.3 Å². The second-order valence-electron chi connectivity index (χ2n) is 14.4. The molecule has 5 heteroatoms. The summed E-state index contributed by atoms with van der Waals surface area (Å²) in [5.41, 5.74) is 3.16. The van der Waals surface area contributed by atoms with Gasteiger partial charge in [-0.15, -0.1) is 0 Å². The van der Waals surface area contributed by atoms with Gasteiger partial charge in [-0.2, -0.15) is 0 Å². The summed E-state index contributed by atoms with van der Waals surface area (Å²) < 4.78 is 0. The van der Waals surface area contributed by atoms with Crippen LogP contribution in [-0.2, 0) is 4.79 Å². The molecule has 0 bridgehead atoms. The molecule has 210 valence electrons. The fraction of sp³-hybridized carbons (Fsp3) is 0.844. The van der Waals surface area contributed by atoms with Crippen LogP contribution in [0.2, 0.25) is 0 Å². The normalized spacial score (nSPS) is 41.2. The van der Waals surface area contributed by atoms with Gasteiger partial charge in [-0.05, 0) is 106 Å². The van der Waals surface area contributed by atoms with Crippen LogP contribution in [0.5, 0.6) is 0 Å². The number of allylic oxidation sites excluding steroid dienone is 4. The van der Waals surface area contributed by atoms with E-state index in [1.54, 1.807) is 4.90 Å². The van der Waals surface area contributed by atoms with Crippen LogP contribution >= 0.6 is 0 Å². The Kier molecular flexibility index (Phi) is 7.87. The monoisotopic (exact) mass is 514 g/mol. The molecule has 2 fully saturated rings. The smallest absolute Gasteiger partial charge is 0.251 e. The minimum atomic E-state index is -0.996. The Morgan fingerprint density at radius 2 is 1.68 bits per heavy atom. The molecule has 0 heterocycles. The molecule has 0 aromatic heterocycles. The summed E-state index contributed by atoms with van der Waals surface area (Å²) in [6.45, 7) is 13.5. The minimum Gasteiger partial charge on any atom is -0.396 e. The SMILES string of the molecule is CC(C)[C@H](O)C(=O)N(C)[C@H]1CCC2=CC3=CC[C@]4(C)[C@@H]([C@@H](C)N(C)C)CC[C@@]4(C)[C@@H]3CC[C@H]2[C@]1(C)CO. The highest BCUT2D eigenvalue weighted by molar-refractivity contribution is 5.81. The molecule has 0 saturated heterocycles. The Balaban J connectivity index is 1.64. The van der Waals surface area contributed by atoms with Gasteiger partial charge in [-0.25, -0.2) is 0 Å². The van der Waals surface area contributed by atoms with E-state index in [9.17, 15) is 15.0 Å². The van der Waals surface area contributed by atoms with Gasteiger partial charge >= 0.3 is 0 Å². The molecule has 37 heavy (non-hydrogen) atoms. The molecule has 5 nitrogen and oxygen atoms in total. The number of fused-ring (bicyclic) bond motifs is 4. The van der Waals surface area contributed by atoms with E-state index in [2.05, 4.69) is 58.8 Å². The number of carbonyl (C=O) groups is 1. The van der Waals surface area contributed by atoms with Crippen LogP contribution < -0.4 is 0 Å². The Hall–Kier alpha value is -1.17. The first kappa shape index (κ1) is 28.8. The third-order valence-electron chi connectivity index (χ3n) is 12.3. The number of likely N-dealkylation sites (N-methyl/N-ethyl adjacent to an activating group) is 1. The summed E-state index contributed by atoms with van der Waals surface area (Å²) in [7, 11) is 6.28. The van der Waals surface area contributed by atoms with Crippen LogP contribution in [0.1, 0.15) is 86.5 Å². The van der Waals surface area contributed by atoms with Crippen LogP contribution in [0.4, 0.5) is 0 Å². The van der Waals surface area contributed by atoms with Gasteiger partial charge in [0.2, 0.25) is 0 Å². The van der Waals surface area contributed by atoms with E-state index in [0.29, 0.717) is 23.3 Å². The first-order valence-electron chi connectivity index (χ1n) is 14.9. The third kappa shape index (κ3) is 4.36. The van der Waals surface area contributed by atoms with Crippen molar-refractivity contribution < 1.29 is 15.0 Å². The van der Waals surface area contributed by atoms with E-state index in [0.717, 1.165) is 32.1 Å². The van der Waals surface area contributed by atoms with Crippen LogP contribution in [-0.4, -0.2) is 71.9 Å². The minimum absolute atomic E-state index is 0.0518. The molecule has 0 radical (unpaired) electrons. The summed E-state index contributed by atoms with van der Waals surface area (Å²) in [5, 5.41) is 21.3. The lowest BCUT2D eigenvalue weighted by molar-refractivity contribution is -0.149. The van der Waals surface area contributed by atoms with Crippen molar-refractivity contribution in [3.63, 3.8) is 0 Å². The Morgan fingerprint density at radius 3 is 2.27 bits per heavy atom. The summed E-state index contributed by atoms with van der Waals surface area (Å²) in [5.74, 6) is 1.16. The predicted octanol–water partition coefficient (Wildman–Crippen LogP) is 5.28. The molecule has 2 saturated carbocycles. The summed E-state index contributed by atoms with van der Waals surface area (Å²) >= 11 is 0. The highest BCUT2D eigenvalue weighted by Gasteiger charge is 2.61. The van der Waals surface area contributed by atoms with Crippen molar-refractivity contribution >= 4 is 5.91 Å². The molecule has 0 aliphatic heterocycles. The number of rotatable bonds is 6. The molecule has 4 aliphatic carbocycles. The zero-order valence-corrected chi connectivity index (χ0v) is 25.1. The maximum absolute atomic E-state index is 13.1. The topological polar surface area (TPSA) is 64.0 Å². The van der Waals surface area contributed by atoms with Gasteiger partial charge in [0, 0.05) is 24.5 Å². The van der Waals surface area contributed by atoms with Crippen molar-refractivity contribution in [1.82, 2.24) is 9.80 Å². The zero-order valence-electron chi connectivity index (χ0n) is 25.1. The Bertz CT molecular complexity index is 940. The number of aliphatic hydroxyl groups is 2. The number of hydrogen-bond donors (Lipinski definition) is 2. The number of carbonyl (C=O) groups excluding carboxylic acids is 1. The zero-order chi connectivity index (χ0) is 27.5. The largest absolute Gasteiger partial charge is 0.396 e. The maximum atomic E-state index is 13.1. The van der Waals surface area contributed by atoms with Gasteiger partial charge in [0.15, 0.2) is 0 Å². The molecule has 9 atom stereocenters. The molecule has 4 aliphatic rings. The van der Waals surface area contributed by atoms with E-state index in [1.165, 1.54) is 24.0 Å². The fourth-order valence-corrected chi connectivity index (χ4v) is 9.26. The van der Waals surface area contributed by atoms with Gasteiger partial charge in [0.05, 0.1) is 6.61 Å². The summed E-state index contributed by atoms with van der Waals surface area (Å²) in [6.07, 6.45) is 11.8. The lowest BCUT2D eigenvalue weighted by atomic mass is 9.51. The maximum Gasteiger partial charge on any atom is 0.251 e. The average molecular weight is 515 g/mol. The molecule has 0 unspecified atom stereocenters. The second kappa shape index (κ2) is 10.1. The first-order chi connectivity index (χ1) is 17.2. The van der Waals surface area contributed by atoms with Crippen LogP contribution in [0, 0.1) is 39.9 Å². The highest BCUT2D eigenvalue weighted by Crippen LogP contribution is 2.68. The van der Waals surface area contributed by atoms with Crippen LogP contribution in [0.3, 0.4) is 0 Å². The standard InChI is InChI=1S/C32H54N2O3/c1-20(2)28(36)29(37)34(9)27-13-10-22-18-23-14-16-31(5)24(21(3)33(7)8)15-17-32(31,6)26(23)12-11-25(22)30(27,4)19-35/h14,18,20-21,24-28,35-36H,10-13,15-17,19H2,1-9H3/t21-,24-,25-,26-,27+,28+,30+,31-,32+/m1/s1. The highest BCUT2D eigenvalue weighted by atomic mass is 16.3. The third-order valence-corrected chi connectivity index (χ3v) is 12.3. The van der Waals surface area contributed by atoms with E-state index in [4.69, 9.17) is 0 Å². The number of nitrogens with zero attached hydrogens (tertiary/aromatic N) is 2. The number of hydrogen-bond acceptors (Lipinski definition) is 4. The first-order valence-corrected chi connectivity index (χ1v) is 14.9. The predicted molar refractivity (Wildman–Crippen MR) is 151 cm³/mol. The van der Waals surface area contributed by atoms with Gasteiger partial charge in [0.25, 0.3) is 5.91 Å². The number of amides is 1. The Morgan fingerprint density at radius 1 is 1.03 bits per heavy atom. The van der Waals surface area contributed by atoms with Crippen molar-refractivity contribution in [2.75, 3.05) is 27.7 Å². The summed E-state index contributed by atoms with van der Waals surface area (Å²) in [6, 6.07) is 0.494. The van der Waals surface area contributed by atoms with Crippen molar-refractivity contribution in [3.8, 4) is 0 Å². The molecule has 0 aromatic rings. The molecular formula is C32H54N2O3. The Labute approximate surface area is 226 Å². The molecule has 1 amide bonds. The molecule has 0 aromatic carbocycles. The fourth-order valence-electron chi connectivity index (χ4n) is 9.26. The van der Waals surface area contributed by atoms with Crippen molar-refractivity contribution in [1.29, 1.82) is 0 Å². The molecule has 2 N–H and O–H groups in total. The number of aliphatic hydroxyl groups excluding tert-OH is 2. The molecular weight excluding hydrogens is 460 g/mol. The van der Waals surface area contributed by atoms with E-state index in [-0.39, 0.29) is 35.8 Å². The average Bonchev–Trinajstić information content (AvgIpc) is 3.00. The quantitative estimate of drug-likeness (QED) is 0.506. The molecule has 0 spiro atoms.